The van der Waals surface area contributed by atoms with E-state index in [9.17, 15) is 18.0 Å². The third-order valence-corrected chi connectivity index (χ3v) is 3.06. The molecule has 0 unspecified atom stereocenters. The van der Waals surface area contributed by atoms with E-state index in [0.29, 0.717) is 10.0 Å². The van der Waals surface area contributed by atoms with Crippen LogP contribution in [-0.4, -0.2) is 12.0 Å². The zero-order valence-electron chi connectivity index (χ0n) is 9.54. The summed E-state index contributed by atoms with van der Waals surface area (Å²) >= 11 is 3.20. The number of carbonyl (C=O) groups excluding carboxylic acids is 1. The first-order valence-electron chi connectivity index (χ1n) is 5.36. The van der Waals surface area contributed by atoms with E-state index in [1.165, 1.54) is 18.2 Å². The molecule has 2 aromatic rings. The molecule has 0 aliphatic rings. The van der Waals surface area contributed by atoms with E-state index in [1.54, 1.807) is 30.3 Å². The molecule has 0 atom stereocenters. The summed E-state index contributed by atoms with van der Waals surface area (Å²) in [6.07, 6.45) is -4.88. The van der Waals surface area contributed by atoms with Gasteiger partial charge >= 0.3 is 6.18 Å². The first-order chi connectivity index (χ1) is 8.89. The highest BCUT2D eigenvalue weighted by Crippen LogP contribution is 2.31. The fourth-order valence-electron chi connectivity index (χ4n) is 1.72. The van der Waals surface area contributed by atoms with Crippen LogP contribution in [-0.2, 0) is 0 Å². The minimum absolute atomic E-state index is 0.261. The van der Waals surface area contributed by atoms with Crippen LogP contribution in [0.3, 0.4) is 0 Å². The molecule has 0 aliphatic heterocycles. The van der Waals surface area contributed by atoms with Crippen molar-refractivity contribution < 1.29 is 18.0 Å². The Morgan fingerprint density at radius 3 is 2.21 bits per heavy atom. The van der Waals surface area contributed by atoms with Crippen molar-refractivity contribution >= 4 is 21.7 Å². The molecule has 0 fully saturated rings. The highest BCUT2D eigenvalue weighted by molar-refractivity contribution is 9.10. The van der Waals surface area contributed by atoms with Crippen molar-refractivity contribution in [1.29, 1.82) is 0 Å². The first-order valence-corrected chi connectivity index (χ1v) is 6.15. The summed E-state index contributed by atoms with van der Waals surface area (Å²) in [6.45, 7) is 0. The Kier molecular flexibility index (Phi) is 3.75. The van der Waals surface area contributed by atoms with Gasteiger partial charge in [0.15, 0.2) is 0 Å². The lowest BCUT2D eigenvalue weighted by Gasteiger charge is -2.11. The van der Waals surface area contributed by atoms with Crippen LogP contribution in [0, 0.1) is 0 Å². The van der Waals surface area contributed by atoms with Gasteiger partial charge in [-0.3, -0.25) is 4.79 Å². The molecule has 98 valence electrons. The Morgan fingerprint density at radius 1 is 1.00 bits per heavy atom. The fraction of sp³-hybridized carbons (Fsp3) is 0.0714. The van der Waals surface area contributed by atoms with Gasteiger partial charge in [0, 0.05) is 10.0 Å². The maximum absolute atomic E-state index is 12.6. The average Bonchev–Trinajstić information content (AvgIpc) is 2.38. The van der Waals surface area contributed by atoms with E-state index in [1.807, 2.05) is 0 Å². The standard InChI is InChI=1S/C14H8BrF3O/c15-10-6-7-11(13(19)14(16,17)18)12(8-10)9-4-2-1-3-5-9/h1-8H. The Bertz CT molecular complexity index is 606. The SMILES string of the molecule is O=C(c1ccc(Br)cc1-c1ccccc1)C(F)(F)F. The monoisotopic (exact) mass is 328 g/mol. The zero-order chi connectivity index (χ0) is 14.0. The predicted octanol–water partition coefficient (Wildman–Crippen LogP) is 4.86. The number of carbonyl (C=O) groups is 1. The van der Waals surface area contributed by atoms with Gasteiger partial charge in [-0.2, -0.15) is 13.2 Å². The smallest absolute Gasteiger partial charge is 0.284 e. The molecule has 19 heavy (non-hydrogen) atoms. The van der Waals surface area contributed by atoms with Crippen molar-refractivity contribution in [2.75, 3.05) is 0 Å². The number of alkyl halides is 3. The minimum Gasteiger partial charge on any atom is -0.284 e. The fourth-order valence-corrected chi connectivity index (χ4v) is 2.08. The number of benzene rings is 2. The van der Waals surface area contributed by atoms with Crippen molar-refractivity contribution in [3.63, 3.8) is 0 Å². The summed E-state index contributed by atoms with van der Waals surface area (Å²) in [5, 5.41) is 0. The van der Waals surface area contributed by atoms with Gasteiger partial charge in [0.2, 0.25) is 0 Å². The summed E-state index contributed by atoms with van der Waals surface area (Å²) in [5.41, 5.74) is 0.482. The van der Waals surface area contributed by atoms with E-state index < -0.39 is 12.0 Å². The van der Waals surface area contributed by atoms with Gasteiger partial charge in [0.05, 0.1) is 0 Å². The Balaban J connectivity index is 2.61. The van der Waals surface area contributed by atoms with Gasteiger partial charge in [-0.1, -0.05) is 46.3 Å². The number of rotatable bonds is 2. The Labute approximate surface area is 116 Å². The largest absolute Gasteiger partial charge is 0.454 e. The highest BCUT2D eigenvalue weighted by atomic mass is 79.9. The van der Waals surface area contributed by atoms with Crippen LogP contribution in [0.4, 0.5) is 13.2 Å². The van der Waals surface area contributed by atoms with E-state index >= 15 is 0 Å². The number of hydrogen-bond donors (Lipinski definition) is 0. The maximum Gasteiger partial charge on any atom is 0.454 e. The highest BCUT2D eigenvalue weighted by Gasteiger charge is 2.40. The van der Waals surface area contributed by atoms with Crippen molar-refractivity contribution in [3.05, 3.63) is 58.6 Å². The molecule has 5 heteroatoms. The second-order valence-corrected chi connectivity index (χ2v) is 4.80. The molecule has 0 saturated carbocycles. The molecule has 0 radical (unpaired) electrons. The summed E-state index contributed by atoms with van der Waals surface area (Å²) in [7, 11) is 0. The van der Waals surface area contributed by atoms with Crippen LogP contribution < -0.4 is 0 Å². The average molecular weight is 329 g/mol. The molecule has 0 N–H and O–H groups in total. The summed E-state index contributed by atoms with van der Waals surface area (Å²) in [6, 6.07) is 12.6. The maximum atomic E-state index is 12.6. The first kappa shape index (κ1) is 13.8. The quantitative estimate of drug-likeness (QED) is 0.719. The van der Waals surface area contributed by atoms with Crippen molar-refractivity contribution in [3.8, 4) is 11.1 Å². The van der Waals surface area contributed by atoms with Crippen LogP contribution in [0.1, 0.15) is 10.4 Å². The predicted molar refractivity (Wildman–Crippen MR) is 70.0 cm³/mol. The van der Waals surface area contributed by atoms with E-state index in [2.05, 4.69) is 15.9 Å². The Hall–Kier alpha value is -1.62. The lowest BCUT2D eigenvalue weighted by atomic mass is 9.97. The van der Waals surface area contributed by atoms with Crippen LogP contribution >= 0.6 is 15.9 Å². The molecule has 1 nitrogen and oxygen atoms in total. The molecule has 0 aliphatic carbocycles. The van der Waals surface area contributed by atoms with Crippen LogP contribution in [0.25, 0.3) is 11.1 Å². The van der Waals surface area contributed by atoms with Gasteiger partial charge in [-0.25, -0.2) is 0 Å². The Morgan fingerprint density at radius 2 is 1.63 bits per heavy atom. The molecule has 0 heterocycles. The van der Waals surface area contributed by atoms with E-state index in [0.717, 1.165) is 0 Å². The molecule has 2 rings (SSSR count). The van der Waals surface area contributed by atoms with Crippen LogP contribution in [0.15, 0.2) is 53.0 Å². The van der Waals surface area contributed by atoms with E-state index in [-0.39, 0.29) is 11.1 Å². The molecule has 0 amide bonds. The second kappa shape index (κ2) is 5.17. The molecular formula is C14H8BrF3O. The summed E-state index contributed by atoms with van der Waals surface area (Å²) < 4.78 is 38.3. The van der Waals surface area contributed by atoms with Gasteiger partial charge < -0.3 is 0 Å². The normalized spacial score (nSPS) is 11.4. The van der Waals surface area contributed by atoms with Crippen molar-refractivity contribution in [2.45, 2.75) is 6.18 Å². The summed E-state index contributed by atoms with van der Waals surface area (Å²) in [5.74, 6) is -1.83. The third kappa shape index (κ3) is 3.04. The topological polar surface area (TPSA) is 17.1 Å². The van der Waals surface area contributed by atoms with Gasteiger partial charge in [-0.15, -0.1) is 0 Å². The summed E-state index contributed by atoms with van der Waals surface area (Å²) in [4.78, 5) is 11.4. The van der Waals surface area contributed by atoms with Gasteiger partial charge in [0.25, 0.3) is 5.78 Å². The molecule has 0 bridgehead atoms. The van der Waals surface area contributed by atoms with Crippen LogP contribution in [0.5, 0.6) is 0 Å². The van der Waals surface area contributed by atoms with Gasteiger partial charge in [0.1, 0.15) is 0 Å². The molecule has 2 aromatic carbocycles. The van der Waals surface area contributed by atoms with E-state index in [4.69, 9.17) is 0 Å². The third-order valence-electron chi connectivity index (χ3n) is 2.57. The number of ketones is 1. The molecular weight excluding hydrogens is 321 g/mol. The number of hydrogen-bond acceptors (Lipinski definition) is 1. The number of Topliss-reactive ketones (excluding diaryl/α,β-unsaturated/α-hetero) is 1. The lowest BCUT2D eigenvalue weighted by molar-refractivity contribution is -0.0884. The molecule has 0 saturated heterocycles. The minimum atomic E-state index is -4.88. The zero-order valence-corrected chi connectivity index (χ0v) is 11.1. The lowest BCUT2D eigenvalue weighted by Crippen LogP contribution is -2.23. The molecule has 0 aromatic heterocycles. The van der Waals surface area contributed by atoms with Crippen molar-refractivity contribution in [2.24, 2.45) is 0 Å². The second-order valence-electron chi connectivity index (χ2n) is 3.88. The molecule has 0 spiro atoms. The van der Waals surface area contributed by atoms with Crippen LogP contribution in [0.2, 0.25) is 0 Å². The number of halogens is 4. The van der Waals surface area contributed by atoms with Gasteiger partial charge in [-0.05, 0) is 29.3 Å². The van der Waals surface area contributed by atoms with Crippen molar-refractivity contribution in [1.82, 2.24) is 0 Å².